The first-order valence-electron chi connectivity index (χ1n) is 13.7. The van der Waals surface area contributed by atoms with E-state index < -0.39 is 0 Å². The van der Waals surface area contributed by atoms with E-state index in [1.165, 1.54) is 0 Å². The summed E-state index contributed by atoms with van der Waals surface area (Å²) in [5, 5.41) is 8.32. The fraction of sp³-hybridized carbons (Fsp3) is 0.105. The van der Waals surface area contributed by atoms with Crippen LogP contribution in [0.25, 0.3) is 57.0 Å². The third kappa shape index (κ3) is 6.74. The summed E-state index contributed by atoms with van der Waals surface area (Å²) in [6.07, 6.45) is 0. The van der Waals surface area contributed by atoms with E-state index in [2.05, 4.69) is 60.7 Å². The minimum absolute atomic E-state index is 0. The third-order valence-electron chi connectivity index (χ3n) is 7.89. The molecule has 0 spiro atoms. The van der Waals surface area contributed by atoms with Crippen molar-refractivity contribution in [2.24, 2.45) is 0 Å². The topological polar surface area (TPSA) is 36.9 Å². The Morgan fingerprint density at radius 2 is 0.756 bits per heavy atom. The Hall–Kier alpha value is -3.46. The summed E-state index contributed by atoms with van der Waals surface area (Å²) in [7, 11) is 6.65. The van der Waals surface area contributed by atoms with Gasteiger partial charge in [0.25, 0.3) is 0 Å². The molecule has 0 bridgehead atoms. The van der Waals surface area contributed by atoms with Crippen LogP contribution in [0.15, 0.2) is 97.1 Å². The number of rotatable bonds is 6. The van der Waals surface area contributed by atoms with Crippen LogP contribution in [0, 0.1) is 10.4 Å². The summed E-state index contributed by atoms with van der Waals surface area (Å²) in [6, 6.07) is 33.1. The predicted molar refractivity (Wildman–Crippen MR) is 179 cm³/mol. The third-order valence-corrected chi connectivity index (χ3v) is 7.89. The summed E-state index contributed by atoms with van der Waals surface area (Å²) in [6.45, 7) is 9.38. The van der Waals surface area contributed by atoms with Crippen molar-refractivity contribution in [1.82, 2.24) is 0 Å². The van der Waals surface area contributed by atoms with Gasteiger partial charge in [0.1, 0.15) is 23.0 Å². The zero-order valence-electron chi connectivity index (χ0n) is 25.5. The van der Waals surface area contributed by atoms with Gasteiger partial charge in [-0.3, -0.25) is 0 Å². The average molecular weight is 831 g/mol. The predicted octanol–water partition coefficient (Wildman–Crippen LogP) is 1.10. The maximum absolute atomic E-state index is 5.61. The van der Waals surface area contributed by atoms with E-state index >= 15 is 0 Å². The van der Waals surface area contributed by atoms with E-state index in [1.54, 1.807) is 28.4 Å². The molecule has 0 amide bonds. The molecule has 0 fully saturated rings. The van der Waals surface area contributed by atoms with Gasteiger partial charge in [0.2, 0.25) is 0 Å². The number of ether oxygens (including phenoxy) is 4. The molecule has 0 saturated heterocycles. The molecule has 6 aromatic carbocycles. The molecule has 0 aliphatic carbocycles. The number of fused-ring (bicyclic) bond motifs is 2. The quantitative estimate of drug-likeness (QED) is 0.236. The zero-order chi connectivity index (χ0) is 29.4. The first-order chi connectivity index (χ1) is 20.4. The second kappa shape index (κ2) is 15.2. The number of hydrogen-bond donors (Lipinski definition) is 0. The molecule has 0 aromatic heterocycles. The first-order valence-corrected chi connectivity index (χ1v) is 13.7. The van der Waals surface area contributed by atoms with Crippen LogP contribution in [0.4, 0.5) is 0 Å². The molecule has 6 rings (SSSR count). The van der Waals surface area contributed by atoms with Crippen LogP contribution in [0.3, 0.4) is 0 Å². The molecule has 0 atom stereocenters. The zero-order valence-corrected chi connectivity index (χ0v) is 31.6. The van der Waals surface area contributed by atoms with Crippen molar-refractivity contribution in [2.45, 2.75) is 0 Å². The van der Waals surface area contributed by atoms with E-state index in [0.29, 0.717) is 0 Å². The van der Waals surface area contributed by atoms with Gasteiger partial charge in [0.15, 0.2) is 0 Å². The second-order valence-electron chi connectivity index (χ2n) is 10.2. The second-order valence-corrected chi connectivity index (χ2v) is 10.2. The van der Waals surface area contributed by atoms with E-state index in [4.69, 9.17) is 32.1 Å². The molecule has 2 radical (unpaired) electrons. The Morgan fingerprint density at radius 3 is 1.07 bits per heavy atom. The van der Waals surface area contributed by atoms with Gasteiger partial charge in [-0.05, 0) is 101 Å². The van der Waals surface area contributed by atoms with Crippen molar-refractivity contribution in [1.29, 1.82) is 0 Å². The van der Waals surface area contributed by atoms with Gasteiger partial charge in [-0.25, -0.2) is 0 Å². The molecule has 45 heavy (non-hydrogen) atoms. The Kier molecular flexibility index (Phi) is 12.2. The number of hydrogen-bond acceptors (Lipinski definition) is 4. The summed E-state index contributed by atoms with van der Waals surface area (Å²) >= 11 is 0. The molecule has 6 aromatic rings. The monoisotopic (exact) mass is 830 g/mol. The minimum atomic E-state index is 0. The van der Waals surface area contributed by atoms with Crippen LogP contribution in [-0.4, -0.2) is 52.3 Å². The fourth-order valence-electron chi connectivity index (χ4n) is 5.79. The van der Waals surface area contributed by atoms with Crippen LogP contribution in [-0.2, 0) is 0 Å². The smallest absolute Gasteiger partial charge is 1.00 e. The Bertz CT molecular complexity index is 2000. The average Bonchev–Trinajstić information content (AvgIpc) is 3.04. The molecule has 0 aliphatic rings. The molecule has 0 saturated carbocycles. The Morgan fingerprint density at radius 1 is 0.444 bits per heavy atom. The van der Waals surface area contributed by atoms with E-state index in [-0.39, 0.29) is 57.9 Å². The van der Waals surface area contributed by atoms with Crippen LogP contribution < -0.4 is 63.3 Å². The summed E-state index contributed by atoms with van der Waals surface area (Å²) in [4.78, 5) is 0. The van der Waals surface area contributed by atoms with Gasteiger partial charge < -0.3 is 52.9 Å². The fourth-order valence-corrected chi connectivity index (χ4v) is 5.79. The van der Waals surface area contributed by atoms with Crippen molar-refractivity contribution >= 4 is 58.6 Å². The summed E-state index contributed by atoms with van der Waals surface area (Å²) in [5.74, 6) is 2.87. The number of methoxy groups -OCH3 is 4. The SMILES string of the molecule is C=c1c(-c2cc(OC)cc(OC)c2)cc2ccccc2c1=c1c(=C)c(-c2cc(OC)cc(OC)c2)cc2ccccc12.[Br-].[Br-].[Sn+2]. The van der Waals surface area contributed by atoms with Crippen molar-refractivity contribution in [2.75, 3.05) is 28.4 Å². The van der Waals surface area contributed by atoms with Gasteiger partial charge in [-0.2, -0.15) is 0 Å². The van der Waals surface area contributed by atoms with Crippen LogP contribution >= 0.6 is 0 Å². The van der Waals surface area contributed by atoms with Gasteiger partial charge in [0.05, 0.1) is 28.4 Å². The number of benzene rings is 6. The van der Waals surface area contributed by atoms with Crippen LogP contribution in [0.5, 0.6) is 23.0 Å². The van der Waals surface area contributed by atoms with E-state index in [0.717, 1.165) is 87.7 Å². The first kappa shape index (κ1) is 36.0. The van der Waals surface area contributed by atoms with Crippen molar-refractivity contribution in [3.05, 3.63) is 118 Å². The maximum Gasteiger partial charge on any atom is 2.00 e. The van der Waals surface area contributed by atoms with Crippen molar-refractivity contribution in [3.8, 4) is 45.3 Å². The van der Waals surface area contributed by atoms with Gasteiger partial charge in [0, 0.05) is 12.1 Å². The molecule has 0 heterocycles. The molecule has 0 N–H and O–H groups in total. The molecule has 0 aliphatic heterocycles. The molecule has 226 valence electrons. The van der Waals surface area contributed by atoms with Gasteiger partial charge in [-0.15, -0.1) is 0 Å². The Balaban J connectivity index is 0.00000184. The maximum atomic E-state index is 5.61. The molecule has 4 nitrogen and oxygen atoms in total. The van der Waals surface area contributed by atoms with Crippen molar-refractivity contribution in [3.63, 3.8) is 0 Å². The molecule has 7 heteroatoms. The van der Waals surface area contributed by atoms with Crippen molar-refractivity contribution < 1.29 is 52.9 Å². The molecular formula is C38H32Br2O4Sn. The van der Waals surface area contributed by atoms with Crippen LogP contribution in [0.2, 0.25) is 0 Å². The Labute approximate surface area is 301 Å². The molecular weight excluding hydrogens is 799 g/mol. The van der Waals surface area contributed by atoms with Gasteiger partial charge >= 0.3 is 23.9 Å². The minimum Gasteiger partial charge on any atom is -1.00 e. The summed E-state index contributed by atoms with van der Waals surface area (Å²) < 4.78 is 22.4. The number of halogens is 2. The normalized spacial score (nSPS) is 11.1. The van der Waals surface area contributed by atoms with Gasteiger partial charge in [-0.1, -0.05) is 61.7 Å². The largest absolute Gasteiger partial charge is 2.00 e. The standard InChI is InChI=1S/C38H32O4.2BrH.Sn/c1-23-35(27-15-29(39-3)21-30(16-27)40-4)19-25-11-7-9-13-33(25)37(23)38-24(2)36(20-26-12-8-10-14-34(26)38)28-17-31(41-5)22-32(18-28)42-6;;;/h7-22H,1-2H2,3-6H3;2*1H;/q;;;+2/p-2. The van der Waals surface area contributed by atoms with E-state index in [1.807, 2.05) is 36.4 Å². The molecule has 0 unspecified atom stereocenters. The van der Waals surface area contributed by atoms with E-state index in [9.17, 15) is 0 Å². The van der Waals surface area contributed by atoms with Crippen LogP contribution in [0.1, 0.15) is 0 Å². The summed E-state index contributed by atoms with van der Waals surface area (Å²) in [5.41, 5.74) is 3.93.